The predicted octanol–water partition coefficient (Wildman–Crippen LogP) is 3.08. The normalized spacial score (nSPS) is 11.5. The molecule has 2 amide bonds. The number of carbonyl (C=O) groups excluding carboxylic acids is 2. The summed E-state index contributed by atoms with van der Waals surface area (Å²) in [4.78, 5) is 26.7. The highest BCUT2D eigenvalue weighted by Gasteiger charge is 2.25. The van der Waals surface area contributed by atoms with E-state index in [0.29, 0.717) is 18.8 Å². The number of rotatable bonds is 7. The summed E-state index contributed by atoms with van der Waals surface area (Å²) in [7, 11) is 1.35. The van der Waals surface area contributed by atoms with E-state index >= 15 is 0 Å². The van der Waals surface area contributed by atoms with Gasteiger partial charge in [-0.05, 0) is 42.1 Å². The minimum Gasteiger partial charge on any atom is -0.345 e. The van der Waals surface area contributed by atoms with Gasteiger partial charge in [0.05, 0.1) is 0 Å². The van der Waals surface area contributed by atoms with E-state index in [1.165, 1.54) is 26.0 Å². The molecule has 29 heavy (non-hydrogen) atoms. The van der Waals surface area contributed by atoms with Crippen molar-refractivity contribution in [1.82, 2.24) is 13.8 Å². The maximum Gasteiger partial charge on any atom is 0.285 e. The minimum atomic E-state index is -3.64. The van der Waals surface area contributed by atoms with Crippen LogP contribution in [0.15, 0.2) is 46.3 Å². The van der Waals surface area contributed by atoms with Crippen molar-refractivity contribution in [3.05, 3.63) is 42.2 Å². The number of thioether (sulfide) groups is 1. The van der Waals surface area contributed by atoms with Crippen LogP contribution in [0.5, 0.6) is 0 Å². The maximum atomic E-state index is 12.7. The minimum absolute atomic E-state index is 0.0859. The molecule has 0 atom stereocenters. The van der Waals surface area contributed by atoms with Crippen LogP contribution in [0.1, 0.15) is 24.3 Å². The van der Waals surface area contributed by atoms with Gasteiger partial charge in [-0.1, -0.05) is 13.8 Å². The number of sulfonamides is 1. The fourth-order valence-corrected chi connectivity index (χ4v) is 4.79. The number of carbonyl (C=O) groups is 2. The lowest BCUT2D eigenvalue weighted by atomic mass is 10.3. The molecule has 1 heterocycles. The molecule has 0 fully saturated rings. The molecule has 0 spiro atoms. The molecule has 0 saturated carbocycles. The van der Waals surface area contributed by atoms with Crippen molar-refractivity contribution < 1.29 is 18.0 Å². The number of hydrogen-bond acceptors (Lipinski definition) is 5. The number of nitrogens with zero attached hydrogens (tertiary/aromatic N) is 3. The van der Waals surface area contributed by atoms with Gasteiger partial charge in [0.25, 0.3) is 11.1 Å². The molecule has 0 aliphatic carbocycles. The molecule has 10 heteroatoms. The van der Waals surface area contributed by atoms with Gasteiger partial charge in [0.1, 0.15) is 10.6 Å². The highest BCUT2D eigenvalue weighted by molar-refractivity contribution is 8.13. The summed E-state index contributed by atoms with van der Waals surface area (Å²) in [6.45, 7) is 4.25. The molecule has 0 unspecified atom stereocenters. The van der Waals surface area contributed by atoms with Gasteiger partial charge in [0.2, 0.25) is 10.0 Å². The Hall–Kier alpha value is -2.30. The van der Waals surface area contributed by atoms with E-state index in [4.69, 9.17) is 0 Å². The second-order valence-electron chi connectivity index (χ2n) is 6.50. The first-order valence-electron chi connectivity index (χ1n) is 9.07. The third-order valence-corrected chi connectivity index (χ3v) is 7.30. The average molecular weight is 439 g/mol. The summed E-state index contributed by atoms with van der Waals surface area (Å²) in [5, 5.41) is 2.66. The lowest BCUT2D eigenvalue weighted by molar-refractivity contribution is 0.101. The summed E-state index contributed by atoms with van der Waals surface area (Å²) in [6, 6.07) is 8.24. The van der Waals surface area contributed by atoms with Crippen LogP contribution in [-0.2, 0) is 17.1 Å². The van der Waals surface area contributed by atoms with Crippen molar-refractivity contribution >= 4 is 38.6 Å². The molecule has 158 valence electrons. The van der Waals surface area contributed by atoms with E-state index in [9.17, 15) is 18.0 Å². The Morgan fingerprint density at radius 1 is 1.10 bits per heavy atom. The zero-order valence-electron chi connectivity index (χ0n) is 17.2. The van der Waals surface area contributed by atoms with Crippen LogP contribution >= 0.6 is 11.8 Å². The number of amides is 2. The largest absolute Gasteiger partial charge is 0.345 e. The van der Waals surface area contributed by atoms with E-state index in [0.717, 1.165) is 16.7 Å². The monoisotopic (exact) mass is 438 g/mol. The quantitative estimate of drug-likeness (QED) is 0.671. The Kier molecular flexibility index (Phi) is 7.50. The van der Waals surface area contributed by atoms with Crippen LogP contribution in [0.2, 0.25) is 0 Å². The van der Waals surface area contributed by atoms with E-state index in [2.05, 4.69) is 5.32 Å². The molecule has 8 nitrogen and oxygen atoms in total. The zero-order valence-corrected chi connectivity index (χ0v) is 18.8. The van der Waals surface area contributed by atoms with Crippen molar-refractivity contribution in [2.75, 3.05) is 32.5 Å². The van der Waals surface area contributed by atoms with Crippen LogP contribution in [0, 0.1) is 0 Å². The molecule has 0 bridgehead atoms. The van der Waals surface area contributed by atoms with Crippen molar-refractivity contribution in [2.45, 2.75) is 23.6 Å². The fourth-order valence-electron chi connectivity index (χ4n) is 2.61. The Morgan fingerprint density at radius 3 is 2.21 bits per heavy atom. The Bertz CT molecular complexity index is 978. The zero-order chi connectivity index (χ0) is 21.8. The van der Waals surface area contributed by atoms with Gasteiger partial charge in [0, 0.05) is 51.0 Å². The Morgan fingerprint density at radius 2 is 1.69 bits per heavy atom. The predicted molar refractivity (Wildman–Crippen MR) is 115 cm³/mol. The number of aryl methyl sites for hydroxylation is 1. The van der Waals surface area contributed by atoms with Crippen LogP contribution in [0.3, 0.4) is 0 Å². The molecular formula is C19H26N4O4S2. The van der Waals surface area contributed by atoms with Crippen molar-refractivity contribution in [1.29, 1.82) is 0 Å². The van der Waals surface area contributed by atoms with Crippen LogP contribution < -0.4 is 5.32 Å². The summed E-state index contributed by atoms with van der Waals surface area (Å²) in [5.74, 6) is -0.418. The standard InChI is InChI=1S/C19H26N4O4S2/c1-6-23(7-2)29(26,27)16-12-17(22(5)13-16)18(24)20-14-8-10-15(11-9-14)28-19(25)21(3)4/h8-13H,6-7H2,1-5H3,(H,20,24). The van der Waals surface area contributed by atoms with Crippen LogP contribution in [0.25, 0.3) is 0 Å². The molecule has 1 N–H and O–H groups in total. The molecule has 0 aliphatic heterocycles. The van der Waals surface area contributed by atoms with Gasteiger partial charge in [-0.25, -0.2) is 8.42 Å². The fraction of sp³-hybridized carbons (Fsp3) is 0.368. The number of anilines is 1. The molecule has 2 rings (SSSR count). The molecular weight excluding hydrogens is 412 g/mol. The highest BCUT2D eigenvalue weighted by atomic mass is 32.2. The Labute approximate surface area is 175 Å². The van der Waals surface area contributed by atoms with Crippen molar-refractivity contribution in [3.63, 3.8) is 0 Å². The molecule has 1 aromatic carbocycles. The summed E-state index contributed by atoms with van der Waals surface area (Å²) >= 11 is 1.09. The van der Waals surface area contributed by atoms with Crippen LogP contribution in [-0.4, -0.2) is 60.5 Å². The lowest BCUT2D eigenvalue weighted by Crippen LogP contribution is -2.30. The van der Waals surface area contributed by atoms with Gasteiger partial charge in [-0.3, -0.25) is 9.59 Å². The first-order valence-corrected chi connectivity index (χ1v) is 11.3. The lowest BCUT2D eigenvalue weighted by Gasteiger charge is -2.17. The number of benzene rings is 1. The van der Waals surface area contributed by atoms with Crippen LogP contribution in [0.4, 0.5) is 10.5 Å². The molecule has 0 aliphatic rings. The number of hydrogen-bond donors (Lipinski definition) is 1. The smallest absolute Gasteiger partial charge is 0.285 e. The molecule has 2 aromatic rings. The summed E-state index contributed by atoms with van der Waals surface area (Å²) in [5.41, 5.74) is 0.781. The first kappa shape index (κ1) is 23.0. The SMILES string of the molecule is CCN(CC)S(=O)(=O)c1cc(C(=O)Nc2ccc(SC(=O)N(C)C)cc2)n(C)c1. The summed E-state index contributed by atoms with van der Waals surface area (Å²) in [6.07, 6.45) is 1.44. The molecule has 1 aromatic heterocycles. The number of aromatic nitrogens is 1. The second kappa shape index (κ2) is 9.47. The van der Waals surface area contributed by atoms with Gasteiger partial charge in [-0.15, -0.1) is 0 Å². The van der Waals surface area contributed by atoms with E-state index in [1.807, 2.05) is 0 Å². The van der Waals surface area contributed by atoms with Gasteiger partial charge in [0.15, 0.2) is 0 Å². The van der Waals surface area contributed by atoms with Crippen molar-refractivity contribution in [3.8, 4) is 0 Å². The highest BCUT2D eigenvalue weighted by Crippen LogP contribution is 2.23. The van der Waals surface area contributed by atoms with Gasteiger partial charge < -0.3 is 14.8 Å². The molecule has 0 radical (unpaired) electrons. The topological polar surface area (TPSA) is 91.7 Å². The van der Waals surface area contributed by atoms with Gasteiger partial charge >= 0.3 is 0 Å². The first-order chi connectivity index (χ1) is 13.6. The van der Waals surface area contributed by atoms with E-state index in [-0.39, 0.29) is 15.8 Å². The maximum absolute atomic E-state index is 12.7. The summed E-state index contributed by atoms with van der Waals surface area (Å²) < 4.78 is 28.2. The Balaban J connectivity index is 2.16. The van der Waals surface area contributed by atoms with E-state index in [1.54, 1.807) is 59.3 Å². The van der Waals surface area contributed by atoms with E-state index < -0.39 is 15.9 Å². The van der Waals surface area contributed by atoms with Crippen molar-refractivity contribution in [2.24, 2.45) is 7.05 Å². The van der Waals surface area contributed by atoms with Gasteiger partial charge in [-0.2, -0.15) is 4.31 Å². The molecule has 0 saturated heterocycles. The third kappa shape index (κ3) is 5.40. The average Bonchev–Trinajstić information content (AvgIpc) is 3.06. The number of nitrogens with one attached hydrogen (secondary N) is 1. The third-order valence-electron chi connectivity index (χ3n) is 4.24. The second-order valence-corrected chi connectivity index (χ2v) is 9.46.